The molecule has 0 aromatic heterocycles. The van der Waals surface area contributed by atoms with Gasteiger partial charge in [-0.2, -0.15) is 0 Å². The molecule has 39 heavy (non-hydrogen) atoms. The van der Waals surface area contributed by atoms with Gasteiger partial charge in [-0.3, -0.25) is 4.79 Å². The van der Waals surface area contributed by atoms with Crippen molar-refractivity contribution in [3.8, 4) is 0 Å². The van der Waals surface area contributed by atoms with E-state index in [-0.39, 0.29) is 25.1 Å². The third kappa shape index (κ3) is 24.0. The molecule has 0 radical (unpaired) electrons. The van der Waals surface area contributed by atoms with Crippen molar-refractivity contribution in [2.24, 2.45) is 0 Å². The molecule has 0 saturated carbocycles. The number of aliphatic hydroxyl groups is 1. The molecule has 7 heteroatoms. The number of carbonyl (C=O) groups excluding carboxylic acids is 4. The number of hydrogen-bond donors (Lipinski definition) is 1. The van der Waals surface area contributed by atoms with E-state index >= 15 is 0 Å². The number of ether oxygens (including phenoxy) is 2. The van der Waals surface area contributed by atoms with Gasteiger partial charge in [0.1, 0.15) is 18.2 Å². The van der Waals surface area contributed by atoms with Crippen molar-refractivity contribution in [3.05, 3.63) is 0 Å². The number of carbonyl (C=O) groups is 4. The summed E-state index contributed by atoms with van der Waals surface area (Å²) >= 11 is 0. The van der Waals surface area contributed by atoms with Crippen LogP contribution in [0.4, 0.5) is 0 Å². The molecule has 0 aromatic carbocycles. The molecular weight excluding hydrogens is 496 g/mol. The molecule has 1 fully saturated rings. The summed E-state index contributed by atoms with van der Waals surface area (Å²) in [5, 5.41) is 8.99. The average molecular weight is 555 g/mol. The molecule has 0 amide bonds. The average Bonchev–Trinajstić information content (AvgIpc) is 3.68. The Labute approximate surface area is 238 Å². The highest BCUT2D eigenvalue weighted by Crippen LogP contribution is 2.31. The van der Waals surface area contributed by atoms with Gasteiger partial charge in [0.2, 0.25) is 0 Å². The molecule has 1 rings (SSSR count). The maximum absolute atomic E-state index is 11.7. The van der Waals surface area contributed by atoms with Gasteiger partial charge in [-0.1, -0.05) is 110 Å². The highest BCUT2D eigenvalue weighted by molar-refractivity contribution is 5.73. The summed E-state index contributed by atoms with van der Waals surface area (Å²) in [6, 6.07) is 0. The number of esters is 1. The van der Waals surface area contributed by atoms with Crippen molar-refractivity contribution < 1.29 is 33.8 Å². The molecule has 1 aliphatic rings. The monoisotopic (exact) mass is 554 g/mol. The summed E-state index contributed by atoms with van der Waals surface area (Å²) in [6.07, 6.45) is 26.2. The van der Waals surface area contributed by atoms with Crippen molar-refractivity contribution in [3.63, 3.8) is 0 Å². The fraction of sp³-hybridized carbons (Fsp3) is 0.875. The normalized spacial score (nSPS) is 16.2. The Bertz CT molecular complexity index is 597. The van der Waals surface area contributed by atoms with Crippen molar-refractivity contribution in [1.82, 2.24) is 0 Å². The maximum Gasteiger partial charge on any atom is 0.305 e. The molecule has 0 spiro atoms. The Kier molecular flexibility index (Phi) is 25.5. The van der Waals surface area contributed by atoms with Gasteiger partial charge in [0.25, 0.3) is 0 Å². The summed E-state index contributed by atoms with van der Waals surface area (Å²) in [7, 11) is 0. The topological polar surface area (TPSA) is 110 Å². The van der Waals surface area contributed by atoms with Crippen molar-refractivity contribution >= 4 is 24.8 Å². The number of aldehydes is 3. The minimum atomic E-state index is -1.77. The smallest absolute Gasteiger partial charge is 0.305 e. The lowest BCUT2D eigenvalue weighted by atomic mass is 10.00. The molecule has 1 N–H and O–H groups in total. The van der Waals surface area contributed by atoms with Crippen LogP contribution in [-0.2, 0) is 28.7 Å². The van der Waals surface area contributed by atoms with E-state index in [0.29, 0.717) is 37.8 Å². The molecule has 2 unspecified atom stereocenters. The predicted octanol–water partition coefficient (Wildman–Crippen LogP) is 7.23. The zero-order valence-corrected chi connectivity index (χ0v) is 25.0. The minimum absolute atomic E-state index is 0.00229. The molecule has 1 aliphatic heterocycles. The van der Waals surface area contributed by atoms with E-state index in [1.165, 1.54) is 103 Å². The second-order valence-corrected chi connectivity index (χ2v) is 11.0. The van der Waals surface area contributed by atoms with E-state index in [4.69, 9.17) is 14.6 Å². The van der Waals surface area contributed by atoms with E-state index in [1.54, 1.807) is 0 Å². The molecular formula is C32H58O7. The molecule has 0 bridgehead atoms. The highest BCUT2D eigenvalue weighted by atomic mass is 16.6. The lowest BCUT2D eigenvalue weighted by molar-refractivity contribution is -0.143. The Balaban J connectivity index is 0.00000122. The van der Waals surface area contributed by atoms with Crippen LogP contribution >= 0.6 is 0 Å². The zero-order valence-electron chi connectivity index (χ0n) is 25.0. The number of hydrogen-bond acceptors (Lipinski definition) is 7. The molecule has 1 heterocycles. The van der Waals surface area contributed by atoms with E-state index in [1.807, 2.05) is 0 Å². The Hall–Kier alpha value is -1.60. The van der Waals surface area contributed by atoms with Crippen LogP contribution in [0.5, 0.6) is 0 Å². The summed E-state index contributed by atoms with van der Waals surface area (Å²) in [6.45, 7) is 5.12. The second kappa shape index (κ2) is 26.6. The van der Waals surface area contributed by atoms with Gasteiger partial charge >= 0.3 is 5.97 Å². The van der Waals surface area contributed by atoms with Gasteiger partial charge < -0.3 is 29.0 Å². The van der Waals surface area contributed by atoms with Crippen LogP contribution in [0.25, 0.3) is 0 Å². The zero-order chi connectivity index (χ0) is 29.0. The predicted molar refractivity (Wildman–Crippen MR) is 156 cm³/mol. The molecule has 0 aromatic rings. The van der Waals surface area contributed by atoms with Gasteiger partial charge in [0.15, 0.2) is 6.29 Å². The van der Waals surface area contributed by atoms with Crippen LogP contribution in [0.3, 0.4) is 0 Å². The van der Waals surface area contributed by atoms with Crippen LogP contribution in [0.2, 0.25) is 0 Å². The van der Waals surface area contributed by atoms with Gasteiger partial charge in [-0.15, -0.1) is 0 Å². The molecule has 228 valence electrons. The fourth-order valence-corrected chi connectivity index (χ4v) is 4.57. The van der Waals surface area contributed by atoms with E-state index in [2.05, 4.69) is 13.8 Å². The van der Waals surface area contributed by atoms with Gasteiger partial charge in [0, 0.05) is 19.3 Å². The lowest BCUT2D eigenvalue weighted by Crippen LogP contribution is -2.31. The van der Waals surface area contributed by atoms with E-state index in [9.17, 15) is 19.2 Å². The molecule has 2 atom stereocenters. The van der Waals surface area contributed by atoms with Crippen molar-refractivity contribution in [2.75, 3.05) is 6.61 Å². The summed E-state index contributed by atoms with van der Waals surface area (Å²) in [4.78, 5) is 41.4. The van der Waals surface area contributed by atoms with Crippen LogP contribution in [0.15, 0.2) is 0 Å². The van der Waals surface area contributed by atoms with Crippen LogP contribution in [0, 0.1) is 0 Å². The standard InChI is InChI=1S/C26H50O3.C6H8O4/c1-3-5-7-9-12-16-20-24-25(29-24)21-17-13-11-14-18-22-26(27)28-23-19-15-10-8-6-4-2;7-3-1-6(10,5-9)2-4-8/h24-25H,3-23H2,1-2H3;3-5,10H,1-2H2. The summed E-state index contributed by atoms with van der Waals surface area (Å²) < 4.78 is 11.1. The number of epoxide rings is 1. The maximum atomic E-state index is 11.7. The summed E-state index contributed by atoms with van der Waals surface area (Å²) in [5.41, 5.74) is -1.77. The van der Waals surface area contributed by atoms with Crippen LogP contribution < -0.4 is 0 Å². The van der Waals surface area contributed by atoms with Gasteiger partial charge in [-0.25, -0.2) is 0 Å². The van der Waals surface area contributed by atoms with Crippen molar-refractivity contribution in [1.29, 1.82) is 0 Å². The molecule has 7 nitrogen and oxygen atoms in total. The molecule has 0 aliphatic carbocycles. The van der Waals surface area contributed by atoms with Gasteiger partial charge in [-0.05, 0) is 25.7 Å². The third-order valence-corrected chi connectivity index (χ3v) is 7.25. The van der Waals surface area contributed by atoms with E-state index in [0.717, 1.165) is 19.3 Å². The molecule has 1 saturated heterocycles. The van der Waals surface area contributed by atoms with E-state index < -0.39 is 5.60 Å². The first-order chi connectivity index (χ1) is 19.0. The van der Waals surface area contributed by atoms with Crippen molar-refractivity contribution in [2.45, 2.75) is 173 Å². The second-order valence-electron chi connectivity index (χ2n) is 11.0. The minimum Gasteiger partial charge on any atom is -0.466 e. The summed E-state index contributed by atoms with van der Waals surface area (Å²) in [5.74, 6) is 0.00229. The largest absolute Gasteiger partial charge is 0.466 e. The quantitative estimate of drug-likeness (QED) is 0.0493. The Morgan fingerprint density at radius 3 is 1.59 bits per heavy atom. The SMILES string of the molecule is CCCCCCCCOC(=O)CCCCCCCC1OC1CCCCCCCC.O=CCC(O)(C=O)CC=O. The number of rotatable bonds is 27. The lowest BCUT2D eigenvalue weighted by Gasteiger charge is -2.13. The first-order valence-electron chi connectivity index (χ1n) is 15.8. The third-order valence-electron chi connectivity index (χ3n) is 7.25. The number of unbranched alkanes of at least 4 members (excludes halogenated alkanes) is 14. The Morgan fingerprint density at radius 2 is 1.13 bits per heavy atom. The van der Waals surface area contributed by atoms with Gasteiger partial charge in [0.05, 0.1) is 18.8 Å². The van der Waals surface area contributed by atoms with Crippen LogP contribution in [-0.4, -0.2) is 54.4 Å². The first-order valence-corrected chi connectivity index (χ1v) is 15.8. The van der Waals surface area contributed by atoms with Crippen LogP contribution in [0.1, 0.15) is 155 Å². The fourth-order valence-electron chi connectivity index (χ4n) is 4.57. The highest BCUT2D eigenvalue weighted by Gasteiger charge is 2.36. The Morgan fingerprint density at radius 1 is 0.692 bits per heavy atom. The first kappa shape index (κ1) is 37.4.